The molecule has 0 aromatic carbocycles. The van der Waals surface area contributed by atoms with E-state index in [9.17, 15) is 0 Å². The number of nitrogen functional groups attached to an aromatic ring is 1. The number of nitrogens with two attached hydrogens (primary N) is 1. The molecule has 0 radical (unpaired) electrons. The Morgan fingerprint density at radius 2 is 2.10 bits per heavy atom. The summed E-state index contributed by atoms with van der Waals surface area (Å²) in [5.74, 6) is 6.66. The molecule has 0 bridgehead atoms. The van der Waals surface area contributed by atoms with Gasteiger partial charge >= 0.3 is 0 Å². The molecule has 7 heteroatoms. The van der Waals surface area contributed by atoms with E-state index in [1.807, 2.05) is 6.92 Å². The van der Waals surface area contributed by atoms with Gasteiger partial charge in [-0.25, -0.2) is 10.8 Å². The molecule has 0 saturated carbocycles. The Morgan fingerprint density at radius 1 is 1.33 bits per heavy atom. The van der Waals surface area contributed by atoms with E-state index in [-0.39, 0.29) is 5.60 Å². The summed E-state index contributed by atoms with van der Waals surface area (Å²) >= 11 is 1.67. The van der Waals surface area contributed by atoms with Crippen LogP contribution in [-0.4, -0.2) is 28.7 Å². The van der Waals surface area contributed by atoms with Gasteiger partial charge in [-0.15, -0.1) is 11.3 Å². The average Bonchev–Trinajstić information content (AvgIpc) is 2.87. The lowest BCUT2D eigenvalue weighted by atomic mass is 10.1. The topological polar surface area (TPSA) is 85.1 Å². The standard InChI is InChI=1S/C14H23N5OS/c1-5-9-7-10-11(16-8-14(3,4)20-6-2)17-13(19-15)18-12(10)21-9/h7H,5-6,8,15H2,1-4H3,(H2,16,17,18,19). The Kier molecular flexibility index (Phi) is 4.97. The summed E-state index contributed by atoms with van der Waals surface area (Å²) in [6.07, 6.45) is 0.982. The van der Waals surface area contributed by atoms with Crippen LogP contribution >= 0.6 is 11.3 Å². The zero-order valence-corrected chi connectivity index (χ0v) is 13.8. The van der Waals surface area contributed by atoms with E-state index < -0.39 is 0 Å². The number of rotatable bonds is 7. The zero-order valence-electron chi connectivity index (χ0n) is 13.0. The smallest absolute Gasteiger partial charge is 0.240 e. The van der Waals surface area contributed by atoms with Crippen molar-refractivity contribution in [3.8, 4) is 0 Å². The maximum absolute atomic E-state index is 5.70. The SMILES string of the molecule is CCOC(C)(C)CNc1nc(NN)nc2sc(CC)cc12. The van der Waals surface area contributed by atoms with Gasteiger partial charge in [0, 0.05) is 18.0 Å². The van der Waals surface area contributed by atoms with Gasteiger partial charge in [0.1, 0.15) is 10.6 Å². The molecule has 0 aliphatic rings. The molecule has 0 spiro atoms. The van der Waals surface area contributed by atoms with Gasteiger partial charge in [0.15, 0.2) is 0 Å². The average molecular weight is 309 g/mol. The molecular formula is C14H23N5OS. The van der Waals surface area contributed by atoms with Crippen LogP contribution in [0.1, 0.15) is 32.6 Å². The highest BCUT2D eigenvalue weighted by Gasteiger charge is 2.19. The van der Waals surface area contributed by atoms with Crippen molar-refractivity contribution in [3.05, 3.63) is 10.9 Å². The second kappa shape index (κ2) is 6.55. The quantitative estimate of drug-likeness (QED) is 0.539. The Hall–Kier alpha value is -1.44. The largest absolute Gasteiger partial charge is 0.374 e. The lowest BCUT2D eigenvalue weighted by Gasteiger charge is -2.25. The molecule has 6 nitrogen and oxygen atoms in total. The summed E-state index contributed by atoms with van der Waals surface area (Å²) in [4.78, 5) is 11.0. The molecule has 0 amide bonds. The molecule has 0 aliphatic carbocycles. The summed E-state index contributed by atoms with van der Waals surface area (Å²) in [5, 5.41) is 4.39. The van der Waals surface area contributed by atoms with E-state index in [1.165, 1.54) is 4.88 Å². The van der Waals surface area contributed by atoms with Crippen molar-refractivity contribution in [2.75, 3.05) is 23.9 Å². The molecule has 0 fully saturated rings. The molecule has 0 aliphatic heterocycles. The predicted molar refractivity (Wildman–Crippen MR) is 88.8 cm³/mol. The third-order valence-electron chi connectivity index (χ3n) is 3.14. The number of aromatic nitrogens is 2. The lowest BCUT2D eigenvalue weighted by molar-refractivity contribution is 0.000664. The van der Waals surface area contributed by atoms with E-state index in [4.69, 9.17) is 10.6 Å². The summed E-state index contributed by atoms with van der Waals surface area (Å²) in [5.41, 5.74) is 2.26. The minimum Gasteiger partial charge on any atom is -0.374 e. The summed E-state index contributed by atoms with van der Waals surface area (Å²) in [7, 11) is 0. The van der Waals surface area contributed by atoms with Crippen molar-refractivity contribution in [1.29, 1.82) is 0 Å². The van der Waals surface area contributed by atoms with Gasteiger partial charge in [-0.3, -0.25) is 5.43 Å². The Balaban J connectivity index is 2.30. The van der Waals surface area contributed by atoms with Crippen LogP contribution in [0.5, 0.6) is 0 Å². The number of thiophene rings is 1. The van der Waals surface area contributed by atoms with Crippen molar-refractivity contribution in [2.45, 2.75) is 39.7 Å². The van der Waals surface area contributed by atoms with Crippen LogP contribution in [0, 0.1) is 0 Å². The number of hydrogen-bond acceptors (Lipinski definition) is 7. The van der Waals surface area contributed by atoms with Gasteiger partial charge in [0.25, 0.3) is 0 Å². The number of fused-ring (bicyclic) bond motifs is 1. The van der Waals surface area contributed by atoms with Gasteiger partial charge in [-0.2, -0.15) is 4.98 Å². The highest BCUT2D eigenvalue weighted by Crippen LogP contribution is 2.30. The van der Waals surface area contributed by atoms with Gasteiger partial charge in [0.2, 0.25) is 5.95 Å². The van der Waals surface area contributed by atoms with Crippen LogP contribution in [0.4, 0.5) is 11.8 Å². The third-order valence-corrected chi connectivity index (χ3v) is 4.31. The van der Waals surface area contributed by atoms with Crippen molar-refractivity contribution in [2.24, 2.45) is 5.84 Å². The molecular weight excluding hydrogens is 286 g/mol. The first-order chi connectivity index (χ1) is 9.99. The van der Waals surface area contributed by atoms with Crippen molar-refractivity contribution < 1.29 is 4.74 Å². The number of nitrogens with one attached hydrogen (secondary N) is 2. The van der Waals surface area contributed by atoms with Crippen LogP contribution in [0.3, 0.4) is 0 Å². The molecule has 21 heavy (non-hydrogen) atoms. The number of anilines is 2. The summed E-state index contributed by atoms with van der Waals surface area (Å²) in [6.45, 7) is 9.57. The van der Waals surface area contributed by atoms with Gasteiger partial charge in [-0.1, -0.05) is 6.92 Å². The fourth-order valence-corrected chi connectivity index (χ4v) is 3.05. The molecule has 4 N–H and O–H groups in total. The minimum atomic E-state index is -0.258. The van der Waals surface area contributed by atoms with Crippen LogP contribution in [0.25, 0.3) is 10.2 Å². The first-order valence-electron chi connectivity index (χ1n) is 7.14. The molecule has 0 unspecified atom stereocenters. The van der Waals surface area contributed by atoms with E-state index >= 15 is 0 Å². The van der Waals surface area contributed by atoms with Crippen molar-refractivity contribution >= 4 is 33.3 Å². The van der Waals surface area contributed by atoms with E-state index in [1.54, 1.807) is 11.3 Å². The highest BCUT2D eigenvalue weighted by molar-refractivity contribution is 7.18. The maximum Gasteiger partial charge on any atom is 0.240 e. The first kappa shape index (κ1) is 15.9. The lowest BCUT2D eigenvalue weighted by Crippen LogP contribution is -2.33. The molecule has 116 valence electrons. The second-order valence-corrected chi connectivity index (χ2v) is 6.49. The van der Waals surface area contributed by atoms with E-state index in [2.05, 4.69) is 47.5 Å². The second-order valence-electron chi connectivity index (χ2n) is 5.37. The van der Waals surface area contributed by atoms with E-state index in [0.29, 0.717) is 19.1 Å². The van der Waals surface area contributed by atoms with E-state index in [0.717, 1.165) is 22.5 Å². The maximum atomic E-state index is 5.70. The fraction of sp³-hybridized carbons (Fsp3) is 0.571. The Labute approximate surface area is 129 Å². The van der Waals surface area contributed by atoms with Crippen LogP contribution in [0.15, 0.2) is 6.07 Å². The number of ether oxygens (including phenoxy) is 1. The molecule has 2 rings (SSSR count). The summed E-state index contributed by atoms with van der Waals surface area (Å²) < 4.78 is 5.70. The van der Waals surface area contributed by atoms with Crippen molar-refractivity contribution in [3.63, 3.8) is 0 Å². The minimum absolute atomic E-state index is 0.258. The monoisotopic (exact) mass is 309 g/mol. The number of hydrazine groups is 1. The van der Waals surface area contributed by atoms with Gasteiger partial charge in [0.05, 0.1) is 11.0 Å². The van der Waals surface area contributed by atoms with Crippen LogP contribution in [-0.2, 0) is 11.2 Å². The Morgan fingerprint density at radius 3 is 2.71 bits per heavy atom. The summed E-state index contributed by atoms with van der Waals surface area (Å²) in [6, 6.07) is 2.14. The fourth-order valence-electron chi connectivity index (χ4n) is 2.08. The molecule has 2 aromatic rings. The van der Waals surface area contributed by atoms with Gasteiger partial charge in [-0.05, 0) is 33.3 Å². The van der Waals surface area contributed by atoms with Gasteiger partial charge < -0.3 is 10.1 Å². The van der Waals surface area contributed by atoms with Crippen LogP contribution in [0.2, 0.25) is 0 Å². The molecule has 2 aromatic heterocycles. The number of nitrogens with zero attached hydrogens (tertiary/aromatic N) is 2. The highest BCUT2D eigenvalue weighted by atomic mass is 32.1. The Bertz CT molecular complexity index is 611. The molecule has 0 saturated heterocycles. The normalized spacial score (nSPS) is 11.9. The molecule has 0 atom stereocenters. The first-order valence-corrected chi connectivity index (χ1v) is 7.95. The van der Waals surface area contributed by atoms with Crippen LogP contribution < -0.4 is 16.6 Å². The zero-order chi connectivity index (χ0) is 15.5. The number of hydrogen-bond donors (Lipinski definition) is 3. The number of aryl methyl sites for hydroxylation is 1. The van der Waals surface area contributed by atoms with Crippen molar-refractivity contribution in [1.82, 2.24) is 9.97 Å². The molecule has 2 heterocycles. The third kappa shape index (κ3) is 3.81. The predicted octanol–water partition coefficient (Wildman–Crippen LogP) is 2.77.